The van der Waals surface area contributed by atoms with Crippen molar-refractivity contribution in [1.82, 2.24) is 33.7 Å². The van der Waals surface area contributed by atoms with Crippen molar-refractivity contribution in [1.29, 1.82) is 0 Å². The third-order valence-corrected chi connectivity index (χ3v) is 22.6. The zero-order valence-electron chi connectivity index (χ0n) is 62.8. The van der Waals surface area contributed by atoms with Gasteiger partial charge in [-0.25, -0.2) is 15.0 Å². The van der Waals surface area contributed by atoms with Crippen LogP contribution in [0.3, 0.4) is 0 Å². The second-order valence-electron chi connectivity index (χ2n) is 26.1. The van der Waals surface area contributed by atoms with E-state index >= 15 is 0 Å². The Kier molecular flexibility index (Phi) is 25.7. The molecule has 0 saturated heterocycles. The van der Waals surface area contributed by atoms with Crippen molar-refractivity contribution in [2.24, 2.45) is 0 Å². The van der Waals surface area contributed by atoms with Crippen molar-refractivity contribution in [3.05, 3.63) is 415 Å². The van der Waals surface area contributed by atoms with Gasteiger partial charge >= 0.3 is 0 Å². The molecule has 25 aromatic rings. The number of aromatic nitrogens is 7. The van der Waals surface area contributed by atoms with Crippen LogP contribution in [0, 0.1) is 0 Å². The van der Waals surface area contributed by atoms with Gasteiger partial charge in [0.05, 0.1) is 80.8 Å². The number of aromatic amines is 2. The molecule has 570 valence electrons. The molecular weight excluding hydrogens is 1540 g/mol. The van der Waals surface area contributed by atoms with Crippen molar-refractivity contribution >= 4 is 209 Å². The summed E-state index contributed by atoms with van der Waals surface area (Å²) in [5.74, 6) is 1.03. The Labute approximate surface area is 692 Å². The standard InChI is InChI=1S/C13H9N.C12H8N2.C12H8O.C8H7N.C8H6O.C8H6S.C7H7N.C7H6O.C6H4N2S.C6H4O2.C6H4OS.C6H4S2/c1-3-7-12-10(5-1)9-11-6-2-4-8-13(11)14-12;1-2-6-10-9(5-1)13-11-7-3-4-8-12(11)14-10;1-3-7-11-9(5-1)10-6-2-4-8-12(10)13-11;3*1-2-4-8-7(3-1)5-6-9-8;2*1-2-6-4-5-8-7(6)3-1;1-2-4-6-5(3-1)7-9-8-6;1-3-7-6-2-4-8-5(1)6;1-3-7-5-2-4-8-6(1)5;1-3-7-6-2-4-8-5(1)6/h1-9H;1-8H;1-8H;1-6,9H;2*1-6H;1,3-5,8H,2H2;1,3-5H,2H2;1-4H;3*1-4H. The summed E-state index contributed by atoms with van der Waals surface area (Å²) in [5.41, 5.74) is 18.6. The molecule has 15 heterocycles. The molecule has 0 spiro atoms. The van der Waals surface area contributed by atoms with E-state index in [-0.39, 0.29) is 0 Å². The van der Waals surface area contributed by atoms with Gasteiger partial charge in [0.1, 0.15) is 39.1 Å². The average Bonchev–Trinajstić information content (AvgIpc) is 1.36. The molecule has 2 aliphatic rings. The third-order valence-electron chi connectivity index (χ3n) is 18.4. The summed E-state index contributed by atoms with van der Waals surface area (Å²) in [6, 6.07) is 105. The molecule has 13 nitrogen and oxygen atoms in total. The Morgan fingerprint density at radius 3 is 1.33 bits per heavy atom. The molecule has 0 bridgehead atoms. The fraction of sp³-hybridized carbons (Fsp3) is 0.0202. The maximum atomic E-state index is 5.65. The van der Waals surface area contributed by atoms with Crippen molar-refractivity contribution in [2.45, 2.75) is 12.8 Å². The SMILES string of the molecule is C1=Cc2[nH]ccc2C1.C1=Cc2occc2C1.c1cc2occc2o1.c1cc2sccc2o1.c1cc2sccc2s1.c1ccc2[nH]ccc2c1.c1ccc2c(c1)oc1ccccc12.c1ccc2nc3ccccc3cc2c1.c1ccc2nc3ccccc3nc2c1.c1ccc2nsnc2c1.c1ccc2occc2c1.c1ccc2sccc2c1. The van der Waals surface area contributed by atoms with Crippen LogP contribution in [0.15, 0.2) is 419 Å². The number of furan rings is 6. The van der Waals surface area contributed by atoms with E-state index in [1.165, 1.54) is 85.2 Å². The Hall–Kier alpha value is -14.1. The number of benzene rings is 10. The van der Waals surface area contributed by atoms with Crippen LogP contribution >= 0.6 is 57.1 Å². The molecule has 0 amide bonds. The van der Waals surface area contributed by atoms with Gasteiger partial charge in [0.15, 0.2) is 11.2 Å². The van der Waals surface area contributed by atoms with Gasteiger partial charge in [0, 0.05) is 82.3 Å². The minimum atomic E-state index is 0.810. The third kappa shape index (κ3) is 20.3. The van der Waals surface area contributed by atoms with Crippen LogP contribution in [0.1, 0.15) is 22.6 Å². The van der Waals surface area contributed by atoms with Gasteiger partial charge in [-0.2, -0.15) is 8.75 Å². The highest BCUT2D eigenvalue weighted by Crippen LogP contribution is 2.30. The largest absolute Gasteiger partial charge is 0.465 e. The number of allylic oxidation sites excluding steroid dienone is 2. The van der Waals surface area contributed by atoms with E-state index < -0.39 is 0 Å². The fourth-order valence-corrected chi connectivity index (χ4v) is 16.4. The van der Waals surface area contributed by atoms with Crippen molar-refractivity contribution in [3.63, 3.8) is 0 Å². The first-order valence-electron chi connectivity index (χ1n) is 37.6. The van der Waals surface area contributed by atoms with Crippen LogP contribution < -0.4 is 0 Å². The monoisotopic (exact) mass is 1620 g/mol. The fourth-order valence-electron chi connectivity index (χ4n) is 12.6. The maximum Gasteiger partial charge on any atom is 0.172 e. The minimum Gasteiger partial charge on any atom is -0.465 e. The zero-order chi connectivity index (χ0) is 78.8. The summed E-state index contributed by atoms with van der Waals surface area (Å²) in [5, 5.41) is 17.0. The molecule has 15 aromatic heterocycles. The van der Waals surface area contributed by atoms with Crippen LogP contribution in [0.25, 0.3) is 152 Å². The first-order valence-corrected chi connectivity index (χ1v) is 41.8. The Bertz CT molecular complexity index is 6290. The number of H-pyrrole nitrogens is 2. The number of fused-ring (bicyclic) bond motifs is 16. The molecule has 10 aromatic carbocycles. The molecule has 0 fully saturated rings. The molecule has 2 N–H and O–H groups in total. The van der Waals surface area contributed by atoms with E-state index in [9.17, 15) is 0 Å². The maximum absolute atomic E-state index is 5.65. The normalized spacial score (nSPS) is 11.1. The van der Waals surface area contributed by atoms with Gasteiger partial charge in [-0.05, 0) is 202 Å². The smallest absolute Gasteiger partial charge is 0.172 e. The van der Waals surface area contributed by atoms with E-state index in [2.05, 4.69) is 165 Å². The molecule has 18 heteroatoms. The van der Waals surface area contributed by atoms with Gasteiger partial charge in [-0.3, -0.25) is 0 Å². The highest BCUT2D eigenvalue weighted by Gasteiger charge is 2.08. The topological polar surface area (TPSA) is 175 Å². The molecule has 117 heavy (non-hydrogen) atoms. The second-order valence-corrected chi connectivity index (χ2v) is 30.4. The predicted octanol–water partition coefficient (Wildman–Crippen LogP) is 29.9. The van der Waals surface area contributed by atoms with E-state index in [1.54, 1.807) is 88.8 Å². The minimum absolute atomic E-state index is 0.810. The van der Waals surface area contributed by atoms with Gasteiger partial charge in [0.2, 0.25) is 0 Å². The molecule has 0 atom stereocenters. The molecule has 27 rings (SSSR count). The number of rotatable bonds is 0. The number of hydrogen-bond donors (Lipinski definition) is 2. The summed E-state index contributed by atoms with van der Waals surface area (Å²) in [4.78, 5) is 19.9. The molecule has 0 aliphatic heterocycles. The second kappa shape index (κ2) is 39.1. The summed E-state index contributed by atoms with van der Waals surface area (Å²) in [7, 11) is 0. The van der Waals surface area contributed by atoms with Gasteiger partial charge in [-0.1, -0.05) is 176 Å². The summed E-state index contributed by atoms with van der Waals surface area (Å²) >= 11 is 8.35. The lowest BCUT2D eigenvalue weighted by Crippen LogP contribution is -1.85. The van der Waals surface area contributed by atoms with Crippen molar-refractivity contribution in [2.75, 3.05) is 0 Å². The van der Waals surface area contributed by atoms with Crippen molar-refractivity contribution in [3.8, 4) is 0 Å². The quantitative estimate of drug-likeness (QED) is 0.138. The van der Waals surface area contributed by atoms with Crippen LogP contribution in [0.2, 0.25) is 0 Å². The van der Waals surface area contributed by atoms with Gasteiger partial charge < -0.3 is 36.5 Å². The Morgan fingerprint density at radius 2 is 0.726 bits per heavy atom. The molecule has 0 unspecified atom stereocenters. The van der Waals surface area contributed by atoms with Crippen molar-refractivity contribution < 1.29 is 26.5 Å². The Balaban J connectivity index is 0.0000000961. The van der Waals surface area contributed by atoms with E-state index in [0.29, 0.717) is 0 Å². The highest BCUT2D eigenvalue weighted by atomic mass is 32.1. The predicted molar refractivity (Wildman–Crippen MR) is 491 cm³/mol. The highest BCUT2D eigenvalue weighted by molar-refractivity contribution is 7.26. The summed E-state index contributed by atoms with van der Waals surface area (Å²) < 4.78 is 44.4. The molecular formula is C99H73N7O6S5. The molecule has 2 aliphatic carbocycles. The Morgan fingerprint density at radius 1 is 0.274 bits per heavy atom. The number of thiophene rings is 4. The first kappa shape index (κ1) is 76.9. The lowest BCUT2D eigenvalue weighted by molar-refractivity contribution is 0.556. The first-order chi connectivity index (χ1) is 58.0. The summed E-state index contributed by atoms with van der Waals surface area (Å²) in [6.45, 7) is 0. The van der Waals surface area contributed by atoms with E-state index in [0.717, 1.165) is 102 Å². The number of para-hydroxylation sites is 10. The molecule has 0 radical (unpaired) electrons. The number of nitrogens with one attached hydrogen (secondary N) is 2. The van der Waals surface area contributed by atoms with Crippen LogP contribution in [-0.2, 0) is 12.8 Å². The average molecular weight is 1620 g/mol. The summed E-state index contributed by atoms with van der Waals surface area (Å²) in [6.07, 6.45) is 22.8. The zero-order valence-corrected chi connectivity index (χ0v) is 66.9. The lowest BCUT2D eigenvalue weighted by atomic mass is 10.1. The van der Waals surface area contributed by atoms with Gasteiger partial charge in [0.25, 0.3) is 0 Å². The van der Waals surface area contributed by atoms with Crippen LogP contribution in [0.5, 0.6) is 0 Å². The lowest BCUT2D eigenvalue weighted by Gasteiger charge is -1.99. The van der Waals surface area contributed by atoms with E-state index in [4.69, 9.17) is 26.5 Å². The number of hydrogen-bond acceptors (Lipinski definition) is 16. The van der Waals surface area contributed by atoms with Crippen LogP contribution in [-0.4, -0.2) is 33.7 Å². The number of pyridine rings is 1. The van der Waals surface area contributed by atoms with Crippen LogP contribution in [0.4, 0.5) is 0 Å². The van der Waals surface area contributed by atoms with Gasteiger partial charge in [-0.15, -0.1) is 45.3 Å². The molecule has 0 saturated carbocycles. The van der Waals surface area contributed by atoms with E-state index in [1.807, 2.05) is 230 Å². The number of nitrogens with zero attached hydrogens (tertiary/aromatic N) is 5.